The van der Waals surface area contributed by atoms with E-state index in [1.54, 1.807) is 0 Å². The lowest BCUT2D eigenvalue weighted by Crippen LogP contribution is -2.19. The molecule has 0 saturated carbocycles. The summed E-state index contributed by atoms with van der Waals surface area (Å²) in [4.78, 5) is 3.50. The highest BCUT2D eigenvalue weighted by Gasteiger charge is 2.11. The zero-order chi connectivity index (χ0) is 15.7. The molecule has 0 aliphatic rings. The highest BCUT2D eigenvalue weighted by molar-refractivity contribution is 7.79. The van der Waals surface area contributed by atoms with E-state index in [0.717, 1.165) is 0 Å². The van der Waals surface area contributed by atoms with E-state index in [-0.39, 0.29) is 0 Å². The molecule has 0 unspecified atom stereocenters. The molecule has 0 bridgehead atoms. The Kier molecular flexibility index (Phi) is 3.53. The number of hydrogen-bond donors (Lipinski definition) is 2. The summed E-state index contributed by atoms with van der Waals surface area (Å²) in [6.07, 6.45) is 4.18. The molecule has 1 aromatic carbocycles. The fourth-order valence-electron chi connectivity index (χ4n) is 2.49. The summed E-state index contributed by atoms with van der Waals surface area (Å²) in [5.74, 6) is 0. The molecule has 3 heterocycles. The molecule has 0 aliphatic carbocycles. The smallest absolute Gasteiger partial charge is 0.234 e. The number of nitrogens with zero attached hydrogens (tertiary/aromatic N) is 1. The number of H-pyrrole nitrogens is 1. The topological polar surface area (TPSA) is 97.3 Å². The van der Waals surface area contributed by atoms with Crippen LogP contribution in [0, 0.1) is 0 Å². The van der Waals surface area contributed by atoms with Crippen molar-refractivity contribution >= 4 is 37.7 Å². The van der Waals surface area contributed by atoms with Crippen LogP contribution in [0.4, 0.5) is 0 Å². The summed E-state index contributed by atoms with van der Waals surface area (Å²) in [7, 11) is -4.92. The zero-order valence-corrected chi connectivity index (χ0v) is 12.1. The zero-order valence-electron chi connectivity index (χ0n) is 11.3. The summed E-state index contributed by atoms with van der Waals surface area (Å²) >= 11 is 0. The van der Waals surface area contributed by atoms with Crippen LogP contribution >= 0.6 is 0 Å². The fourth-order valence-corrected chi connectivity index (χ4v) is 2.49. The first-order valence-electron chi connectivity index (χ1n) is 6.41. The first kappa shape index (κ1) is 14.5. The van der Waals surface area contributed by atoms with Gasteiger partial charge in [-0.15, -0.1) is 0 Å². The highest BCUT2D eigenvalue weighted by Crippen LogP contribution is 2.25. The van der Waals surface area contributed by atoms with Gasteiger partial charge in [-0.1, -0.05) is 18.2 Å². The van der Waals surface area contributed by atoms with E-state index in [2.05, 4.69) is 64.2 Å². The van der Waals surface area contributed by atoms with Crippen LogP contribution in [0.25, 0.3) is 27.3 Å². The number of aromatic nitrogens is 2. The van der Waals surface area contributed by atoms with Gasteiger partial charge in [0.1, 0.15) is 5.52 Å². The van der Waals surface area contributed by atoms with Crippen LogP contribution in [0.1, 0.15) is 0 Å². The third-order valence-electron chi connectivity index (χ3n) is 3.29. The Morgan fingerprint density at radius 3 is 2.41 bits per heavy atom. The molecule has 2 N–H and O–H groups in total. The normalized spacial score (nSPS) is 11.5. The molecular formula is C15H12N2O4S. The number of para-hydroxylation sites is 1. The Bertz CT molecular complexity index is 1060. The quantitative estimate of drug-likeness (QED) is 0.295. The molecule has 7 heteroatoms. The SMILES string of the molecule is O=S(=O)([O-])O.c1ccc2c(c1)[nH]c1c2cc[n+]2ccccc12. The average molecular weight is 316 g/mol. The molecule has 0 fully saturated rings. The fraction of sp³-hybridized carbons (Fsp3) is 0. The van der Waals surface area contributed by atoms with Gasteiger partial charge < -0.3 is 9.54 Å². The predicted molar refractivity (Wildman–Crippen MR) is 81.3 cm³/mol. The van der Waals surface area contributed by atoms with Crippen LogP contribution in [0.2, 0.25) is 0 Å². The Hall–Kier alpha value is -2.48. The van der Waals surface area contributed by atoms with Crippen molar-refractivity contribution < 1.29 is 21.9 Å². The second-order valence-electron chi connectivity index (χ2n) is 4.70. The number of fused-ring (bicyclic) bond motifs is 5. The Balaban J connectivity index is 0.000000254. The minimum atomic E-state index is -4.92. The van der Waals surface area contributed by atoms with Crippen molar-refractivity contribution in [2.45, 2.75) is 0 Å². The van der Waals surface area contributed by atoms with Crippen molar-refractivity contribution in [3.05, 3.63) is 60.9 Å². The Labute approximate surface area is 126 Å². The molecule has 0 spiro atoms. The lowest BCUT2D eigenvalue weighted by atomic mass is 10.2. The summed E-state index contributed by atoms with van der Waals surface area (Å²) < 4.78 is 35.0. The minimum Gasteiger partial charge on any atom is -0.726 e. The van der Waals surface area contributed by atoms with Crippen LogP contribution in [-0.2, 0) is 10.4 Å². The monoisotopic (exact) mass is 316 g/mol. The van der Waals surface area contributed by atoms with Gasteiger partial charge in [0, 0.05) is 34.5 Å². The van der Waals surface area contributed by atoms with Crippen LogP contribution < -0.4 is 4.40 Å². The van der Waals surface area contributed by atoms with Gasteiger partial charge in [0.05, 0.1) is 0 Å². The molecule has 22 heavy (non-hydrogen) atoms. The van der Waals surface area contributed by atoms with Crippen LogP contribution in [0.3, 0.4) is 0 Å². The van der Waals surface area contributed by atoms with Gasteiger partial charge in [-0.25, -0.2) is 8.42 Å². The van der Waals surface area contributed by atoms with Crippen LogP contribution in [0.5, 0.6) is 0 Å². The standard InChI is InChI=1S/C15H10N2.H2O4S/c1-2-6-13-11(5-1)12-8-10-17-9-4-3-7-14(17)15(12)16-13;1-5(2,3)4/h1-10H;(H2,1,2,3,4). The number of rotatable bonds is 0. The largest absolute Gasteiger partial charge is 0.726 e. The maximum Gasteiger partial charge on any atom is 0.234 e. The molecule has 0 radical (unpaired) electrons. The van der Waals surface area contributed by atoms with E-state index in [1.807, 2.05) is 6.07 Å². The molecule has 0 atom stereocenters. The number of pyridine rings is 2. The summed E-state index contributed by atoms with van der Waals surface area (Å²) in [6, 6.07) is 16.8. The first-order valence-corrected chi connectivity index (χ1v) is 7.78. The Morgan fingerprint density at radius 2 is 1.64 bits per heavy atom. The van der Waals surface area contributed by atoms with Gasteiger partial charge in [-0.05, 0) is 12.1 Å². The van der Waals surface area contributed by atoms with E-state index >= 15 is 0 Å². The maximum absolute atomic E-state index is 8.63. The molecule has 112 valence electrons. The van der Waals surface area contributed by atoms with Crippen molar-refractivity contribution in [2.24, 2.45) is 0 Å². The van der Waals surface area contributed by atoms with Crippen molar-refractivity contribution in [1.82, 2.24) is 4.98 Å². The number of hydrogen-bond acceptors (Lipinski definition) is 3. The van der Waals surface area contributed by atoms with Gasteiger partial charge in [0.25, 0.3) is 0 Å². The number of benzene rings is 1. The molecule has 0 saturated heterocycles. The molecule has 3 aromatic heterocycles. The van der Waals surface area contributed by atoms with Gasteiger partial charge >= 0.3 is 0 Å². The van der Waals surface area contributed by atoms with Gasteiger partial charge in [-0.3, -0.25) is 4.55 Å². The van der Waals surface area contributed by atoms with Gasteiger partial charge in [0.15, 0.2) is 12.4 Å². The van der Waals surface area contributed by atoms with E-state index < -0.39 is 10.4 Å². The highest BCUT2D eigenvalue weighted by atomic mass is 32.3. The average Bonchev–Trinajstić information content (AvgIpc) is 2.84. The molecular weight excluding hydrogens is 304 g/mol. The summed E-state index contributed by atoms with van der Waals surface area (Å²) in [5, 5.41) is 2.57. The molecule has 6 nitrogen and oxygen atoms in total. The second kappa shape index (κ2) is 5.38. The predicted octanol–water partition coefficient (Wildman–Crippen LogP) is 2.06. The molecule has 4 rings (SSSR count). The summed E-state index contributed by atoms with van der Waals surface area (Å²) in [6.45, 7) is 0. The molecule has 0 aliphatic heterocycles. The maximum atomic E-state index is 8.63. The van der Waals surface area contributed by atoms with Crippen LogP contribution in [-0.4, -0.2) is 22.5 Å². The third kappa shape index (κ3) is 2.91. The number of nitrogens with one attached hydrogen (secondary N) is 1. The lowest BCUT2D eigenvalue weighted by molar-refractivity contribution is -0.510. The minimum absolute atomic E-state index is 1.19. The van der Waals surface area contributed by atoms with E-state index in [0.29, 0.717) is 0 Å². The van der Waals surface area contributed by atoms with Crippen LogP contribution in [0.15, 0.2) is 60.9 Å². The van der Waals surface area contributed by atoms with E-state index in [1.165, 1.54) is 27.3 Å². The molecule has 0 amide bonds. The van der Waals surface area contributed by atoms with Gasteiger partial charge in [-0.2, -0.15) is 4.40 Å². The first-order chi connectivity index (χ1) is 10.4. The van der Waals surface area contributed by atoms with E-state index in [4.69, 9.17) is 17.5 Å². The molecule has 4 aromatic rings. The van der Waals surface area contributed by atoms with Crippen molar-refractivity contribution in [2.75, 3.05) is 0 Å². The van der Waals surface area contributed by atoms with E-state index in [9.17, 15) is 0 Å². The van der Waals surface area contributed by atoms with Crippen molar-refractivity contribution in [3.8, 4) is 0 Å². The van der Waals surface area contributed by atoms with Gasteiger partial charge in [0.2, 0.25) is 15.9 Å². The Morgan fingerprint density at radius 1 is 0.955 bits per heavy atom. The number of aromatic amines is 1. The summed E-state index contributed by atoms with van der Waals surface area (Å²) in [5.41, 5.74) is 3.61. The van der Waals surface area contributed by atoms with Crippen molar-refractivity contribution in [1.29, 1.82) is 0 Å². The second-order valence-corrected chi connectivity index (χ2v) is 5.55. The third-order valence-corrected chi connectivity index (χ3v) is 3.29. The lowest BCUT2D eigenvalue weighted by Gasteiger charge is -1.92. The van der Waals surface area contributed by atoms with Crippen molar-refractivity contribution in [3.63, 3.8) is 0 Å².